The highest BCUT2D eigenvalue weighted by Gasteiger charge is 2.20. The summed E-state index contributed by atoms with van der Waals surface area (Å²) in [6.45, 7) is 8.31. The zero-order valence-corrected chi connectivity index (χ0v) is 11.5. The summed E-state index contributed by atoms with van der Waals surface area (Å²) in [5.74, 6) is 2.89. The monoisotopic (exact) mass is 244 g/mol. The van der Waals surface area contributed by atoms with Gasteiger partial charge in [-0.15, -0.1) is 0 Å². The number of piperidine rings is 1. The lowest BCUT2D eigenvalue weighted by atomic mass is 10.00. The first kappa shape index (κ1) is 13.7. The Labute approximate surface area is 103 Å². The van der Waals surface area contributed by atoms with E-state index in [0.29, 0.717) is 0 Å². The molecule has 4 heteroatoms. The van der Waals surface area contributed by atoms with E-state index in [2.05, 4.69) is 26.1 Å². The van der Waals surface area contributed by atoms with E-state index in [1.165, 1.54) is 0 Å². The summed E-state index contributed by atoms with van der Waals surface area (Å²) >= 11 is 1.87. The topological polar surface area (TPSA) is 32.3 Å². The second kappa shape index (κ2) is 7.05. The number of thioether (sulfide) groups is 1. The molecule has 0 aromatic heterocycles. The van der Waals surface area contributed by atoms with Crippen LogP contribution in [0.15, 0.2) is 0 Å². The first-order valence-corrected chi connectivity index (χ1v) is 7.42. The lowest BCUT2D eigenvalue weighted by Crippen LogP contribution is -2.47. The largest absolute Gasteiger partial charge is 0.335 e. The number of carbonyl (C=O) groups excluding carboxylic acids is 1. The van der Waals surface area contributed by atoms with Crippen LogP contribution in [0.4, 0.5) is 4.79 Å². The van der Waals surface area contributed by atoms with Crippen molar-refractivity contribution in [3.05, 3.63) is 0 Å². The van der Waals surface area contributed by atoms with Crippen molar-refractivity contribution in [2.45, 2.75) is 39.7 Å². The van der Waals surface area contributed by atoms with Crippen molar-refractivity contribution < 1.29 is 4.79 Å². The molecule has 0 saturated carbocycles. The average Bonchev–Trinajstić information content (AvgIpc) is 2.27. The predicted molar refractivity (Wildman–Crippen MR) is 71.0 cm³/mol. The number of hydrogen-bond donors (Lipinski definition) is 1. The Morgan fingerprint density at radius 2 is 2.12 bits per heavy atom. The third-order valence-corrected chi connectivity index (χ3v) is 4.16. The first-order chi connectivity index (χ1) is 7.63. The van der Waals surface area contributed by atoms with Crippen LogP contribution >= 0.6 is 11.8 Å². The fraction of sp³-hybridized carbons (Fsp3) is 0.917. The molecule has 1 heterocycles. The van der Waals surface area contributed by atoms with Gasteiger partial charge in [0, 0.05) is 24.9 Å². The van der Waals surface area contributed by atoms with Gasteiger partial charge in [-0.3, -0.25) is 0 Å². The molecule has 0 spiro atoms. The number of rotatable bonds is 4. The summed E-state index contributed by atoms with van der Waals surface area (Å²) in [5.41, 5.74) is 0. The van der Waals surface area contributed by atoms with E-state index in [4.69, 9.17) is 0 Å². The summed E-state index contributed by atoms with van der Waals surface area (Å²) in [7, 11) is 0. The van der Waals surface area contributed by atoms with Crippen molar-refractivity contribution in [3.63, 3.8) is 0 Å². The maximum Gasteiger partial charge on any atom is 0.317 e. The van der Waals surface area contributed by atoms with Crippen LogP contribution in [0.2, 0.25) is 0 Å². The van der Waals surface area contributed by atoms with Crippen molar-refractivity contribution in [2.75, 3.05) is 24.6 Å². The molecule has 0 aromatic rings. The summed E-state index contributed by atoms with van der Waals surface area (Å²) in [4.78, 5) is 13.8. The van der Waals surface area contributed by atoms with Gasteiger partial charge in [-0.25, -0.2) is 4.79 Å². The van der Waals surface area contributed by atoms with E-state index in [1.807, 2.05) is 16.7 Å². The standard InChI is InChI=1S/C12H24N2OS/c1-4-16-9-11(3)13-12(15)14-7-5-10(2)6-8-14/h10-11H,4-9H2,1-3H3,(H,13,15). The first-order valence-electron chi connectivity index (χ1n) is 6.26. The van der Waals surface area contributed by atoms with Gasteiger partial charge in [0.05, 0.1) is 0 Å². The van der Waals surface area contributed by atoms with Crippen molar-refractivity contribution in [2.24, 2.45) is 5.92 Å². The van der Waals surface area contributed by atoms with Crippen LogP contribution in [0.25, 0.3) is 0 Å². The van der Waals surface area contributed by atoms with E-state index >= 15 is 0 Å². The average molecular weight is 244 g/mol. The third kappa shape index (κ3) is 4.64. The minimum Gasteiger partial charge on any atom is -0.335 e. The van der Waals surface area contributed by atoms with Gasteiger partial charge < -0.3 is 10.2 Å². The smallest absolute Gasteiger partial charge is 0.317 e. The quantitative estimate of drug-likeness (QED) is 0.824. The number of nitrogens with zero attached hydrogens (tertiary/aromatic N) is 1. The van der Waals surface area contributed by atoms with Crippen LogP contribution in [0.3, 0.4) is 0 Å². The van der Waals surface area contributed by atoms with Gasteiger partial charge in [0.1, 0.15) is 0 Å². The fourth-order valence-corrected chi connectivity index (χ4v) is 2.52. The molecule has 1 N–H and O–H groups in total. The molecule has 1 atom stereocenters. The summed E-state index contributed by atoms with van der Waals surface area (Å²) < 4.78 is 0. The minimum atomic E-state index is 0.121. The highest BCUT2D eigenvalue weighted by atomic mass is 32.2. The van der Waals surface area contributed by atoms with Gasteiger partial charge in [0.2, 0.25) is 0 Å². The number of hydrogen-bond acceptors (Lipinski definition) is 2. The van der Waals surface area contributed by atoms with Crippen LogP contribution < -0.4 is 5.32 Å². The lowest BCUT2D eigenvalue weighted by molar-refractivity contribution is 0.172. The molecular weight excluding hydrogens is 220 g/mol. The second-order valence-corrected chi connectivity index (χ2v) is 6.00. The Morgan fingerprint density at radius 1 is 1.50 bits per heavy atom. The molecule has 1 aliphatic rings. The Kier molecular flexibility index (Phi) is 6.03. The zero-order valence-electron chi connectivity index (χ0n) is 10.7. The molecular formula is C12H24N2OS. The molecule has 1 rings (SSSR count). The minimum absolute atomic E-state index is 0.121. The number of amides is 2. The molecule has 0 bridgehead atoms. The molecule has 1 aliphatic heterocycles. The summed E-state index contributed by atoms with van der Waals surface area (Å²) in [6, 6.07) is 0.396. The van der Waals surface area contributed by atoms with Gasteiger partial charge in [-0.2, -0.15) is 11.8 Å². The van der Waals surface area contributed by atoms with Crippen LogP contribution in [-0.2, 0) is 0 Å². The van der Waals surface area contributed by atoms with Gasteiger partial charge in [0.25, 0.3) is 0 Å². The van der Waals surface area contributed by atoms with Gasteiger partial charge in [-0.05, 0) is 31.4 Å². The molecule has 2 amide bonds. The summed E-state index contributed by atoms with van der Waals surface area (Å²) in [6.07, 6.45) is 2.29. The summed E-state index contributed by atoms with van der Waals surface area (Å²) in [5, 5.41) is 3.07. The molecule has 0 aromatic carbocycles. The zero-order chi connectivity index (χ0) is 12.0. The highest BCUT2D eigenvalue weighted by Crippen LogP contribution is 2.15. The normalized spacial score (nSPS) is 19.6. The SMILES string of the molecule is CCSCC(C)NC(=O)N1CCC(C)CC1. The van der Waals surface area contributed by atoms with Crippen LogP contribution in [0.1, 0.15) is 33.6 Å². The van der Waals surface area contributed by atoms with E-state index in [-0.39, 0.29) is 12.1 Å². The molecule has 3 nitrogen and oxygen atoms in total. The van der Waals surface area contributed by atoms with E-state index in [0.717, 1.165) is 43.4 Å². The van der Waals surface area contributed by atoms with Crippen molar-refractivity contribution in [1.82, 2.24) is 10.2 Å². The fourth-order valence-electron chi connectivity index (χ4n) is 1.85. The Bertz CT molecular complexity index is 215. The molecule has 1 saturated heterocycles. The van der Waals surface area contributed by atoms with Crippen molar-refractivity contribution in [1.29, 1.82) is 0 Å². The number of carbonyl (C=O) groups is 1. The molecule has 94 valence electrons. The van der Waals surface area contributed by atoms with Crippen LogP contribution in [-0.4, -0.2) is 41.6 Å². The van der Waals surface area contributed by atoms with Crippen LogP contribution in [0, 0.1) is 5.92 Å². The Hall–Kier alpha value is -0.380. The van der Waals surface area contributed by atoms with E-state index < -0.39 is 0 Å². The van der Waals surface area contributed by atoms with Gasteiger partial charge in [0.15, 0.2) is 0 Å². The number of likely N-dealkylation sites (tertiary alicyclic amines) is 1. The maximum absolute atomic E-state index is 11.9. The van der Waals surface area contributed by atoms with E-state index in [1.54, 1.807) is 0 Å². The third-order valence-electron chi connectivity index (χ3n) is 3.01. The van der Waals surface area contributed by atoms with E-state index in [9.17, 15) is 4.79 Å². The van der Waals surface area contributed by atoms with Crippen molar-refractivity contribution in [3.8, 4) is 0 Å². The highest BCUT2D eigenvalue weighted by molar-refractivity contribution is 7.99. The molecule has 1 fully saturated rings. The van der Waals surface area contributed by atoms with Gasteiger partial charge in [-0.1, -0.05) is 13.8 Å². The maximum atomic E-state index is 11.9. The molecule has 0 radical (unpaired) electrons. The molecule has 1 unspecified atom stereocenters. The Balaban J connectivity index is 2.23. The predicted octanol–water partition coefficient (Wildman–Crippen LogP) is 2.57. The number of urea groups is 1. The second-order valence-electron chi connectivity index (χ2n) is 4.68. The molecule has 0 aliphatic carbocycles. The lowest BCUT2D eigenvalue weighted by Gasteiger charge is -2.31. The molecule has 16 heavy (non-hydrogen) atoms. The van der Waals surface area contributed by atoms with Gasteiger partial charge >= 0.3 is 6.03 Å². The number of nitrogens with one attached hydrogen (secondary N) is 1. The van der Waals surface area contributed by atoms with Crippen molar-refractivity contribution >= 4 is 17.8 Å². The Morgan fingerprint density at radius 3 is 2.69 bits per heavy atom. The van der Waals surface area contributed by atoms with Crippen LogP contribution in [0.5, 0.6) is 0 Å².